The van der Waals surface area contributed by atoms with Crippen LogP contribution in [0, 0.1) is 0 Å². The van der Waals surface area contributed by atoms with E-state index in [0.717, 1.165) is 19.9 Å². The van der Waals surface area contributed by atoms with Crippen molar-refractivity contribution in [2.24, 2.45) is 0 Å². The van der Waals surface area contributed by atoms with E-state index in [4.69, 9.17) is 4.74 Å². The maximum atomic E-state index is 14.5. The van der Waals surface area contributed by atoms with Crippen LogP contribution >= 0.6 is 15.9 Å². The molecular weight excluding hydrogens is 666 g/mol. The highest BCUT2D eigenvalue weighted by Crippen LogP contribution is 2.28. The molecule has 0 saturated heterocycles. The molecule has 10 heteroatoms. The van der Waals surface area contributed by atoms with E-state index >= 15 is 0 Å². The number of rotatable bonds is 15. The molecule has 1 N–H and O–H groups in total. The Kier molecular flexibility index (Phi) is 12.4. The number of hydrogen-bond donors (Lipinski definition) is 1. The Morgan fingerprint density at radius 1 is 0.826 bits per heavy atom. The third kappa shape index (κ3) is 9.20. The highest BCUT2D eigenvalue weighted by molar-refractivity contribution is 9.10. The van der Waals surface area contributed by atoms with E-state index < -0.39 is 28.5 Å². The average Bonchev–Trinajstić information content (AvgIpc) is 3.06. The lowest BCUT2D eigenvalue weighted by molar-refractivity contribution is -0.140. The largest absolute Gasteiger partial charge is 0.494 e. The molecule has 0 aliphatic heterocycles. The van der Waals surface area contributed by atoms with Gasteiger partial charge in [0.25, 0.3) is 10.0 Å². The first-order valence-electron chi connectivity index (χ1n) is 15.3. The molecule has 242 valence electrons. The highest BCUT2D eigenvalue weighted by atomic mass is 79.9. The molecule has 0 radical (unpaired) electrons. The van der Waals surface area contributed by atoms with Crippen molar-refractivity contribution in [3.63, 3.8) is 0 Å². The van der Waals surface area contributed by atoms with Crippen molar-refractivity contribution in [2.75, 3.05) is 17.5 Å². The lowest BCUT2D eigenvalue weighted by atomic mass is 10.0. The number of carbonyl (C=O) groups excluding carboxylic acids is 2. The summed E-state index contributed by atoms with van der Waals surface area (Å²) in [6.45, 7) is 5.79. The molecule has 0 fully saturated rings. The molecule has 0 aromatic heterocycles. The molecule has 0 saturated carbocycles. The molecule has 0 aliphatic rings. The molecule has 46 heavy (non-hydrogen) atoms. The predicted octanol–water partition coefficient (Wildman–Crippen LogP) is 6.60. The van der Waals surface area contributed by atoms with Crippen molar-refractivity contribution in [1.29, 1.82) is 0 Å². The normalized spacial score (nSPS) is 12.5. The molecule has 0 heterocycles. The number of sulfonamides is 1. The first-order valence-corrected chi connectivity index (χ1v) is 17.5. The van der Waals surface area contributed by atoms with Crippen LogP contribution in [0.2, 0.25) is 0 Å². The standard InChI is InChI=1S/C36H40BrN3O5S/c1-4-27(3)38-36(42)34(24-28-12-8-6-9-13-28)39(25-29-14-10-7-11-15-29)35(41)26-40(31-18-20-32(21-19-31)45-5-2)46(43,44)33-22-16-30(37)17-23-33/h6-23,27,34H,4-5,24-26H2,1-3H3,(H,38,42)/t27-,34-/m0/s1. The zero-order chi connectivity index (χ0) is 33.1. The summed E-state index contributed by atoms with van der Waals surface area (Å²) in [6.07, 6.45) is 0.970. The Hall–Kier alpha value is -4.15. The van der Waals surface area contributed by atoms with Crippen LogP contribution < -0.4 is 14.4 Å². The minimum Gasteiger partial charge on any atom is -0.494 e. The van der Waals surface area contributed by atoms with Crippen molar-refractivity contribution >= 4 is 43.5 Å². The number of ether oxygens (including phenoxy) is 1. The average molecular weight is 707 g/mol. The van der Waals surface area contributed by atoms with Crippen LogP contribution in [0.1, 0.15) is 38.3 Å². The molecule has 4 rings (SSSR count). The molecular formula is C36H40BrN3O5S. The van der Waals surface area contributed by atoms with Gasteiger partial charge in [-0.25, -0.2) is 8.42 Å². The number of nitrogens with one attached hydrogen (secondary N) is 1. The van der Waals surface area contributed by atoms with Crippen molar-refractivity contribution in [3.05, 3.63) is 125 Å². The number of anilines is 1. The van der Waals surface area contributed by atoms with Gasteiger partial charge < -0.3 is 15.0 Å². The van der Waals surface area contributed by atoms with Crippen molar-refractivity contribution < 1.29 is 22.7 Å². The Morgan fingerprint density at radius 2 is 1.41 bits per heavy atom. The van der Waals surface area contributed by atoms with Crippen LogP contribution in [-0.2, 0) is 32.6 Å². The fourth-order valence-corrected chi connectivity index (χ4v) is 6.59. The van der Waals surface area contributed by atoms with Gasteiger partial charge in [-0.2, -0.15) is 0 Å². The predicted molar refractivity (Wildman–Crippen MR) is 185 cm³/mol. The molecule has 0 bridgehead atoms. The van der Waals surface area contributed by atoms with E-state index in [1.807, 2.05) is 81.4 Å². The van der Waals surface area contributed by atoms with Gasteiger partial charge in [0.2, 0.25) is 11.8 Å². The molecule has 0 unspecified atom stereocenters. The van der Waals surface area contributed by atoms with Gasteiger partial charge >= 0.3 is 0 Å². The van der Waals surface area contributed by atoms with Gasteiger partial charge in [-0.05, 0) is 79.9 Å². The number of carbonyl (C=O) groups is 2. The fraction of sp³-hybridized carbons (Fsp3) is 0.278. The molecule has 2 atom stereocenters. The van der Waals surface area contributed by atoms with Gasteiger partial charge in [-0.3, -0.25) is 13.9 Å². The second kappa shape index (κ2) is 16.4. The van der Waals surface area contributed by atoms with Gasteiger partial charge in [-0.1, -0.05) is 83.5 Å². The summed E-state index contributed by atoms with van der Waals surface area (Å²) in [4.78, 5) is 30.0. The van der Waals surface area contributed by atoms with Crippen LogP contribution in [0.3, 0.4) is 0 Å². The van der Waals surface area contributed by atoms with Crippen molar-refractivity contribution in [3.8, 4) is 5.75 Å². The number of amides is 2. The van der Waals surface area contributed by atoms with Crippen molar-refractivity contribution in [2.45, 2.75) is 57.1 Å². The summed E-state index contributed by atoms with van der Waals surface area (Å²) in [5.74, 6) is -0.238. The number of nitrogens with zero attached hydrogens (tertiary/aromatic N) is 2. The lowest BCUT2D eigenvalue weighted by Gasteiger charge is -2.34. The minimum absolute atomic E-state index is 0.0299. The maximum absolute atomic E-state index is 14.5. The van der Waals surface area contributed by atoms with Crippen molar-refractivity contribution in [1.82, 2.24) is 10.2 Å². The molecule has 0 aliphatic carbocycles. The topological polar surface area (TPSA) is 96.0 Å². The summed E-state index contributed by atoms with van der Waals surface area (Å²) < 4.78 is 35.7. The number of hydrogen-bond acceptors (Lipinski definition) is 5. The van der Waals surface area contributed by atoms with E-state index in [1.54, 1.807) is 36.4 Å². The zero-order valence-corrected chi connectivity index (χ0v) is 28.7. The third-order valence-corrected chi connectivity index (χ3v) is 9.90. The molecule has 0 spiro atoms. The van der Waals surface area contributed by atoms with Crippen LogP contribution in [0.25, 0.3) is 0 Å². The van der Waals surface area contributed by atoms with Crippen LogP contribution in [0.15, 0.2) is 119 Å². The second-order valence-electron chi connectivity index (χ2n) is 10.9. The number of benzene rings is 4. The zero-order valence-electron chi connectivity index (χ0n) is 26.3. The SMILES string of the molecule is CCOc1ccc(N(CC(=O)N(Cc2ccccc2)[C@@H](Cc2ccccc2)C(=O)N[C@@H](C)CC)S(=O)(=O)c2ccc(Br)cc2)cc1. The van der Waals surface area contributed by atoms with Gasteiger partial charge in [-0.15, -0.1) is 0 Å². The number of halogens is 1. The third-order valence-electron chi connectivity index (χ3n) is 7.58. The van der Waals surface area contributed by atoms with E-state index in [-0.39, 0.29) is 29.8 Å². The Morgan fingerprint density at radius 3 is 1.98 bits per heavy atom. The quantitative estimate of drug-likeness (QED) is 0.150. The van der Waals surface area contributed by atoms with Gasteiger partial charge in [0.15, 0.2) is 0 Å². The maximum Gasteiger partial charge on any atom is 0.264 e. The Bertz CT molecular complexity index is 1670. The molecule has 8 nitrogen and oxygen atoms in total. The summed E-state index contributed by atoms with van der Waals surface area (Å²) in [5.41, 5.74) is 1.99. The van der Waals surface area contributed by atoms with E-state index in [0.29, 0.717) is 24.5 Å². The first kappa shape index (κ1) is 34.7. The van der Waals surface area contributed by atoms with Crippen LogP contribution in [0.5, 0.6) is 5.75 Å². The summed E-state index contributed by atoms with van der Waals surface area (Å²) in [6, 6.07) is 30.7. The lowest BCUT2D eigenvalue weighted by Crippen LogP contribution is -2.54. The molecule has 4 aromatic rings. The van der Waals surface area contributed by atoms with E-state index in [2.05, 4.69) is 21.2 Å². The van der Waals surface area contributed by atoms with Gasteiger partial charge in [0.1, 0.15) is 18.3 Å². The second-order valence-corrected chi connectivity index (χ2v) is 13.7. The fourth-order valence-electron chi connectivity index (χ4n) is 4.91. The monoisotopic (exact) mass is 705 g/mol. The summed E-state index contributed by atoms with van der Waals surface area (Å²) in [5, 5.41) is 3.05. The van der Waals surface area contributed by atoms with E-state index in [9.17, 15) is 18.0 Å². The molecule has 2 amide bonds. The summed E-state index contributed by atoms with van der Waals surface area (Å²) in [7, 11) is -4.20. The van der Waals surface area contributed by atoms with Crippen LogP contribution in [-0.4, -0.2) is 50.4 Å². The van der Waals surface area contributed by atoms with Gasteiger partial charge in [0, 0.05) is 23.5 Å². The smallest absolute Gasteiger partial charge is 0.264 e. The van der Waals surface area contributed by atoms with Crippen LogP contribution in [0.4, 0.5) is 5.69 Å². The summed E-state index contributed by atoms with van der Waals surface area (Å²) >= 11 is 3.37. The minimum atomic E-state index is -4.20. The molecule has 4 aromatic carbocycles. The van der Waals surface area contributed by atoms with E-state index in [1.165, 1.54) is 17.0 Å². The highest BCUT2D eigenvalue weighted by Gasteiger charge is 2.35. The Balaban J connectivity index is 1.79. The Labute approximate surface area is 280 Å². The first-order chi connectivity index (χ1) is 22.1. The van der Waals surface area contributed by atoms with Gasteiger partial charge in [0.05, 0.1) is 17.2 Å².